The molecule has 0 aliphatic rings. The lowest BCUT2D eigenvalue weighted by Gasteiger charge is -2.20. The van der Waals surface area contributed by atoms with Crippen LogP contribution in [0.3, 0.4) is 0 Å². The molecule has 1 rings (SSSR count). The number of carbonyl (C=O) groups excluding carboxylic acids is 1. The molecule has 0 aromatic heterocycles. The van der Waals surface area contributed by atoms with Gasteiger partial charge in [-0.3, -0.25) is 9.63 Å². The summed E-state index contributed by atoms with van der Waals surface area (Å²) in [6.07, 6.45) is -4.49. The molecule has 20 heavy (non-hydrogen) atoms. The first kappa shape index (κ1) is 16.8. The molecule has 1 N–H and O–H groups in total. The van der Waals surface area contributed by atoms with Gasteiger partial charge < -0.3 is 0 Å². The summed E-state index contributed by atoms with van der Waals surface area (Å²) in [6, 6.07) is 6.57. The molecule has 0 aliphatic carbocycles. The molecule has 1 aromatic carbocycles. The second-order valence-corrected chi connectivity index (χ2v) is 5.08. The molecule has 7 heteroatoms. The zero-order valence-corrected chi connectivity index (χ0v) is 11.8. The van der Waals surface area contributed by atoms with Crippen LogP contribution in [0.1, 0.15) is 25.3 Å². The van der Waals surface area contributed by atoms with E-state index in [9.17, 15) is 18.0 Å². The number of hydrogen-bond acceptors (Lipinski definition) is 2. The first-order chi connectivity index (χ1) is 9.20. The largest absolute Gasteiger partial charge is 0.414 e. The van der Waals surface area contributed by atoms with E-state index < -0.39 is 24.6 Å². The summed E-state index contributed by atoms with van der Waals surface area (Å²) < 4.78 is 35.8. The number of carbonyl (C=O) groups is 1. The van der Waals surface area contributed by atoms with Crippen LogP contribution in [-0.4, -0.2) is 18.7 Å². The van der Waals surface area contributed by atoms with Gasteiger partial charge in [0.2, 0.25) is 0 Å². The van der Waals surface area contributed by atoms with E-state index in [1.54, 1.807) is 38.1 Å². The lowest BCUT2D eigenvalue weighted by Crippen LogP contribution is -2.35. The number of hydrogen-bond donors (Lipinski definition) is 1. The van der Waals surface area contributed by atoms with Crippen LogP contribution >= 0.6 is 11.6 Å². The van der Waals surface area contributed by atoms with E-state index >= 15 is 0 Å². The van der Waals surface area contributed by atoms with Crippen LogP contribution < -0.4 is 5.48 Å². The van der Waals surface area contributed by atoms with Crippen LogP contribution in [0.4, 0.5) is 13.2 Å². The van der Waals surface area contributed by atoms with Crippen molar-refractivity contribution in [2.24, 2.45) is 5.92 Å². The third kappa shape index (κ3) is 5.38. The van der Waals surface area contributed by atoms with Crippen LogP contribution in [0.25, 0.3) is 0 Å². The van der Waals surface area contributed by atoms with Crippen LogP contribution in [0, 0.1) is 5.92 Å². The molecular weight excluding hydrogens is 295 g/mol. The van der Waals surface area contributed by atoms with E-state index in [4.69, 9.17) is 11.6 Å². The zero-order valence-electron chi connectivity index (χ0n) is 11.0. The third-order valence-corrected chi connectivity index (χ3v) is 2.84. The number of alkyl halides is 3. The van der Waals surface area contributed by atoms with Crippen molar-refractivity contribution in [1.29, 1.82) is 0 Å². The summed E-state index contributed by atoms with van der Waals surface area (Å²) in [6.45, 7) is 2.06. The van der Waals surface area contributed by atoms with Gasteiger partial charge >= 0.3 is 6.18 Å². The molecule has 0 saturated heterocycles. The van der Waals surface area contributed by atoms with E-state index in [-0.39, 0.29) is 5.92 Å². The molecular formula is C13H15ClF3NO2. The van der Waals surface area contributed by atoms with Crippen molar-refractivity contribution in [3.05, 3.63) is 34.9 Å². The van der Waals surface area contributed by atoms with Crippen molar-refractivity contribution in [3.63, 3.8) is 0 Å². The van der Waals surface area contributed by atoms with Crippen LogP contribution in [0.15, 0.2) is 24.3 Å². The highest BCUT2D eigenvalue weighted by atomic mass is 35.5. The molecule has 1 atom stereocenters. The van der Waals surface area contributed by atoms with E-state index in [0.717, 1.165) is 0 Å². The number of hydroxylamine groups is 1. The monoisotopic (exact) mass is 309 g/mol. The summed E-state index contributed by atoms with van der Waals surface area (Å²) in [5.74, 6) is -1.34. The Morgan fingerprint density at radius 2 is 1.85 bits per heavy atom. The Bertz CT molecular complexity index is 446. The fourth-order valence-electron chi connectivity index (χ4n) is 1.76. The zero-order chi connectivity index (χ0) is 15.3. The predicted molar refractivity (Wildman–Crippen MR) is 69.2 cm³/mol. The smallest absolute Gasteiger partial charge is 0.272 e. The summed E-state index contributed by atoms with van der Waals surface area (Å²) in [4.78, 5) is 16.1. The molecule has 0 aliphatic heterocycles. The molecule has 0 saturated carbocycles. The molecule has 0 heterocycles. The van der Waals surface area contributed by atoms with Crippen LogP contribution in [0.5, 0.6) is 0 Å². The minimum Gasteiger partial charge on any atom is -0.272 e. The number of nitrogens with one attached hydrogen (secondary N) is 1. The molecule has 1 unspecified atom stereocenters. The SMILES string of the molecule is CC(C)C(C(=O)NOCC(F)(F)F)c1ccc(Cl)cc1. The topological polar surface area (TPSA) is 38.3 Å². The van der Waals surface area contributed by atoms with Gasteiger partial charge in [-0.15, -0.1) is 0 Å². The standard InChI is InChI=1S/C13H15ClF3NO2/c1-8(2)11(9-3-5-10(14)6-4-9)12(19)18-20-7-13(15,16)17/h3-6,8,11H,7H2,1-2H3,(H,18,19). The van der Waals surface area contributed by atoms with E-state index in [2.05, 4.69) is 4.84 Å². The van der Waals surface area contributed by atoms with Gasteiger partial charge in [0.25, 0.3) is 5.91 Å². The normalized spacial score (nSPS) is 13.3. The Kier molecular flexibility index (Phi) is 5.83. The van der Waals surface area contributed by atoms with Crippen molar-refractivity contribution in [1.82, 2.24) is 5.48 Å². The number of rotatable bonds is 5. The molecule has 0 bridgehead atoms. The van der Waals surface area contributed by atoms with Gasteiger partial charge in [0.05, 0.1) is 5.92 Å². The van der Waals surface area contributed by atoms with E-state index in [1.807, 2.05) is 5.48 Å². The van der Waals surface area contributed by atoms with Crippen molar-refractivity contribution in [2.45, 2.75) is 25.9 Å². The van der Waals surface area contributed by atoms with Crippen molar-refractivity contribution >= 4 is 17.5 Å². The van der Waals surface area contributed by atoms with Crippen molar-refractivity contribution < 1.29 is 22.8 Å². The number of benzene rings is 1. The molecule has 0 fully saturated rings. The van der Waals surface area contributed by atoms with Gasteiger partial charge in [-0.05, 0) is 23.6 Å². The fraction of sp³-hybridized carbons (Fsp3) is 0.462. The minimum absolute atomic E-state index is 0.106. The van der Waals surface area contributed by atoms with Gasteiger partial charge in [-0.25, -0.2) is 5.48 Å². The number of halogens is 4. The van der Waals surface area contributed by atoms with Crippen LogP contribution in [-0.2, 0) is 9.63 Å². The maximum atomic E-state index is 11.9. The predicted octanol–water partition coefficient (Wildman–Crippen LogP) is 3.69. The van der Waals surface area contributed by atoms with Gasteiger partial charge in [0.1, 0.15) is 0 Å². The highest BCUT2D eigenvalue weighted by molar-refractivity contribution is 6.30. The number of amides is 1. The van der Waals surface area contributed by atoms with E-state index in [1.165, 1.54) is 0 Å². The lowest BCUT2D eigenvalue weighted by atomic mass is 9.88. The Hall–Kier alpha value is -1.27. The lowest BCUT2D eigenvalue weighted by molar-refractivity contribution is -0.192. The molecule has 1 amide bonds. The van der Waals surface area contributed by atoms with Crippen LogP contribution in [0.2, 0.25) is 5.02 Å². The second-order valence-electron chi connectivity index (χ2n) is 4.64. The molecule has 0 radical (unpaired) electrons. The van der Waals surface area contributed by atoms with E-state index in [0.29, 0.717) is 10.6 Å². The Balaban J connectivity index is 2.71. The molecule has 3 nitrogen and oxygen atoms in total. The summed E-state index contributed by atoms with van der Waals surface area (Å²) in [5.41, 5.74) is 2.51. The van der Waals surface area contributed by atoms with Gasteiger partial charge in [-0.2, -0.15) is 13.2 Å². The average molecular weight is 310 g/mol. The van der Waals surface area contributed by atoms with Crippen molar-refractivity contribution in [3.8, 4) is 0 Å². The highest BCUT2D eigenvalue weighted by Gasteiger charge is 2.30. The second kappa shape index (κ2) is 6.95. The Labute approximate surface area is 120 Å². The first-order valence-corrected chi connectivity index (χ1v) is 6.32. The summed E-state index contributed by atoms with van der Waals surface area (Å²) >= 11 is 5.76. The minimum atomic E-state index is -4.49. The Morgan fingerprint density at radius 3 is 2.30 bits per heavy atom. The van der Waals surface area contributed by atoms with Gasteiger partial charge in [0.15, 0.2) is 6.61 Å². The van der Waals surface area contributed by atoms with Gasteiger partial charge in [-0.1, -0.05) is 37.6 Å². The third-order valence-electron chi connectivity index (χ3n) is 2.59. The average Bonchev–Trinajstić information content (AvgIpc) is 2.30. The fourth-order valence-corrected chi connectivity index (χ4v) is 1.89. The summed E-state index contributed by atoms with van der Waals surface area (Å²) in [7, 11) is 0. The van der Waals surface area contributed by atoms with Gasteiger partial charge in [0, 0.05) is 5.02 Å². The maximum absolute atomic E-state index is 11.9. The summed E-state index contributed by atoms with van der Waals surface area (Å²) in [5, 5.41) is 0.519. The van der Waals surface area contributed by atoms with Crippen molar-refractivity contribution in [2.75, 3.05) is 6.61 Å². The quantitative estimate of drug-likeness (QED) is 0.842. The highest BCUT2D eigenvalue weighted by Crippen LogP contribution is 2.26. The molecule has 1 aromatic rings. The first-order valence-electron chi connectivity index (χ1n) is 5.94. The molecule has 0 spiro atoms. The maximum Gasteiger partial charge on any atom is 0.414 e. The molecule has 112 valence electrons. The Morgan fingerprint density at radius 1 is 1.30 bits per heavy atom.